The van der Waals surface area contributed by atoms with Crippen LogP contribution in [0.4, 0.5) is 9.52 Å². The van der Waals surface area contributed by atoms with Gasteiger partial charge in [0.15, 0.2) is 4.34 Å². The molecule has 1 N–H and O–H groups in total. The molecule has 1 heterocycles. The van der Waals surface area contributed by atoms with Gasteiger partial charge in [0.1, 0.15) is 16.5 Å². The Morgan fingerprint density at radius 2 is 2.19 bits per heavy atom. The van der Waals surface area contributed by atoms with Crippen LogP contribution in [0.15, 0.2) is 27.4 Å². The summed E-state index contributed by atoms with van der Waals surface area (Å²) >= 11 is 2.57. The standard InChI is InChI=1S/C11H12FN3O3S3/c1-3-19-11-14-13-10(20-11)15-21(16,17)9-6-7(12)4-5-8(9)18-2/h4-6H,3H2,1-2H3,(H,13,15). The number of aromatic nitrogens is 2. The number of hydrogen-bond donors (Lipinski definition) is 1. The predicted octanol–water partition coefficient (Wildman–Crippen LogP) is 2.60. The van der Waals surface area contributed by atoms with Crippen molar-refractivity contribution < 1.29 is 17.5 Å². The van der Waals surface area contributed by atoms with Gasteiger partial charge in [0.2, 0.25) is 5.13 Å². The SMILES string of the molecule is CCSc1nnc(NS(=O)(=O)c2cc(F)ccc2OC)s1. The smallest absolute Gasteiger partial charge is 0.267 e. The van der Waals surface area contributed by atoms with Crippen molar-refractivity contribution in [3.05, 3.63) is 24.0 Å². The van der Waals surface area contributed by atoms with Crippen LogP contribution < -0.4 is 9.46 Å². The number of thioether (sulfide) groups is 1. The first-order chi connectivity index (χ1) is 9.96. The molecule has 0 radical (unpaired) electrons. The lowest BCUT2D eigenvalue weighted by Gasteiger charge is -2.09. The molecular weight excluding hydrogens is 337 g/mol. The van der Waals surface area contributed by atoms with Crippen molar-refractivity contribution in [1.29, 1.82) is 0 Å². The van der Waals surface area contributed by atoms with E-state index in [1.807, 2.05) is 6.92 Å². The van der Waals surface area contributed by atoms with Crippen LogP contribution in [0, 0.1) is 5.82 Å². The Morgan fingerprint density at radius 3 is 2.86 bits per heavy atom. The van der Waals surface area contributed by atoms with Gasteiger partial charge in [-0.15, -0.1) is 10.2 Å². The van der Waals surface area contributed by atoms with Crippen molar-refractivity contribution in [2.75, 3.05) is 17.6 Å². The normalized spacial score (nSPS) is 11.4. The van der Waals surface area contributed by atoms with Crippen molar-refractivity contribution in [2.45, 2.75) is 16.2 Å². The van der Waals surface area contributed by atoms with Crippen LogP contribution in [0.2, 0.25) is 0 Å². The summed E-state index contributed by atoms with van der Waals surface area (Å²) < 4.78 is 45.7. The molecule has 1 aromatic heterocycles. The Balaban J connectivity index is 2.31. The van der Waals surface area contributed by atoms with Crippen LogP contribution in [0.5, 0.6) is 5.75 Å². The van der Waals surface area contributed by atoms with Crippen molar-refractivity contribution in [3.8, 4) is 5.75 Å². The first-order valence-corrected chi connectivity index (χ1v) is 9.07. The van der Waals surface area contributed by atoms with Crippen molar-refractivity contribution >= 4 is 38.3 Å². The van der Waals surface area contributed by atoms with E-state index in [2.05, 4.69) is 14.9 Å². The van der Waals surface area contributed by atoms with Crippen molar-refractivity contribution in [1.82, 2.24) is 10.2 Å². The highest BCUT2D eigenvalue weighted by molar-refractivity contribution is 8.01. The average molecular weight is 349 g/mol. The van der Waals surface area contributed by atoms with Gasteiger partial charge in [0, 0.05) is 0 Å². The van der Waals surface area contributed by atoms with Gasteiger partial charge in [-0.05, 0) is 24.0 Å². The summed E-state index contributed by atoms with van der Waals surface area (Å²) in [6.07, 6.45) is 0. The molecule has 0 bridgehead atoms. The zero-order chi connectivity index (χ0) is 15.5. The molecule has 10 heteroatoms. The first-order valence-electron chi connectivity index (χ1n) is 5.79. The molecular formula is C11H12FN3O3S3. The van der Waals surface area contributed by atoms with Crippen LogP contribution >= 0.6 is 23.1 Å². The molecule has 2 rings (SSSR count). The average Bonchev–Trinajstić information content (AvgIpc) is 2.86. The highest BCUT2D eigenvalue weighted by Crippen LogP contribution is 2.29. The number of nitrogens with one attached hydrogen (secondary N) is 1. The number of ether oxygens (including phenoxy) is 1. The second-order valence-electron chi connectivity index (χ2n) is 3.71. The van der Waals surface area contributed by atoms with Crippen molar-refractivity contribution in [2.24, 2.45) is 0 Å². The molecule has 21 heavy (non-hydrogen) atoms. The zero-order valence-corrected chi connectivity index (χ0v) is 13.6. The monoisotopic (exact) mass is 349 g/mol. The molecule has 114 valence electrons. The Morgan fingerprint density at radius 1 is 1.43 bits per heavy atom. The van der Waals surface area contributed by atoms with E-state index in [1.54, 1.807) is 0 Å². The molecule has 0 aliphatic rings. The maximum Gasteiger partial charge on any atom is 0.267 e. The number of halogens is 1. The summed E-state index contributed by atoms with van der Waals surface area (Å²) in [6, 6.07) is 3.27. The van der Waals surface area contributed by atoms with E-state index in [1.165, 1.54) is 24.9 Å². The Kier molecular flexibility index (Phi) is 5.01. The van der Waals surface area contributed by atoms with E-state index in [9.17, 15) is 12.8 Å². The van der Waals surface area contributed by atoms with E-state index in [0.717, 1.165) is 29.2 Å². The van der Waals surface area contributed by atoms with Crippen LogP contribution in [-0.2, 0) is 10.0 Å². The molecule has 2 aromatic rings. The number of nitrogens with zero attached hydrogens (tertiary/aromatic N) is 2. The van der Waals surface area contributed by atoms with Gasteiger partial charge in [-0.3, -0.25) is 4.72 Å². The maximum atomic E-state index is 13.3. The van der Waals surface area contributed by atoms with E-state index in [-0.39, 0.29) is 15.8 Å². The number of methoxy groups -OCH3 is 1. The molecule has 0 amide bonds. The number of sulfonamides is 1. The quantitative estimate of drug-likeness (QED) is 0.808. The second-order valence-corrected chi connectivity index (χ2v) is 7.85. The zero-order valence-electron chi connectivity index (χ0n) is 11.2. The fourth-order valence-corrected chi connectivity index (χ4v) is 4.52. The summed E-state index contributed by atoms with van der Waals surface area (Å²) in [6.45, 7) is 1.95. The van der Waals surface area contributed by atoms with Gasteiger partial charge in [-0.1, -0.05) is 30.0 Å². The lowest BCUT2D eigenvalue weighted by Crippen LogP contribution is -2.14. The Labute approximate surface area is 129 Å². The highest BCUT2D eigenvalue weighted by Gasteiger charge is 2.22. The van der Waals surface area contributed by atoms with Gasteiger partial charge < -0.3 is 4.74 Å². The van der Waals surface area contributed by atoms with E-state index < -0.39 is 15.8 Å². The van der Waals surface area contributed by atoms with Gasteiger partial charge in [-0.2, -0.15) is 0 Å². The molecule has 0 fully saturated rings. The van der Waals surface area contributed by atoms with Gasteiger partial charge in [0.25, 0.3) is 10.0 Å². The van der Waals surface area contributed by atoms with Crippen LogP contribution in [0.25, 0.3) is 0 Å². The molecule has 1 aromatic carbocycles. The van der Waals surface area contributed by atoms with Gasteiger partial charge in [-0.25, -0.2) is 12.8 Å². The van der Waals surface area contributed by atoms with E-state index in [0.29, 0.717) is 4.34 Å². The van der Waals surface area contributed by atoms with Gasteiger partial charge in [0.05, 0.1) is 7.11 Å². The third kappa shape index (κ3) is 3.83. The fourth-order valence-electron chi connectivity index (χ4n) is 1.46. The molecule has 0 unspecified atom stereocenters. The molecule has 0 aliphatic heterocycles. The number of hydrogen-bond acceptors (Lipinski definition) is 7. The third-order valence-corrected chi connectivity index (χ3v) is 5.65. The van der Waals surface area contributed by atoms with Crippen LogP contribution in [-0.4, -0.2) is 31.5 Å². The van der Waals surface area contributed by atoms with Crippen molar-refractivity contribution in [3.63, 3.8) is 0 Å². The largest absolute Gasteiger partial charge is 0.495 e. The molecule has 6 nitrogen and oxygen atoms in total. The minimum Gasteiger partial charge on any atom is -0.495 e. The molecule has 0 aliphatic carbocycles. The summed E-state index contributed by atoms with van der Waals surface area (Å²) in [5.74, 6) is 0.186. The maximum absolute atomic E-state index is 13.3. The molecule has 0 saturated heterocycles. The van der Waals surface area contributed by atoms with Crippen LogP contribution in [0.3, 0.4) is 0 Å². The molecule has 0 atom stereocenters. The summed E-state index contributed by atoms with van der Waals surface area (Å²) in [4.78, 5) is -0.287. The lowest BCUT2D eigenvalue weighted by molar-refractivity contribution is 0.401. The topological polar surface area (TPSA) is 81.2 Å². The first kappa shape index (κ1) is 16.0. The molecule has 0 spiro atoms. The van der Waals surface area contributed by atoms with E-state index >= 15 is 0 Å². The highest BCUT2D eigenvalue weighted by atomic mass is 32.2. The van der Waals surface area contributed by atoms with Crippen LogP contribution in [0.1, 0.15) is 6.92 Å². The molecule has 0 saturated carbocycles. The van der Waals surface area contributed by atoms with Gasteiger partial charge >= 0.3 is 0 Å². The Bertz CT molecular complexity index is 733. The number of anilines is 1. The minimum atomic E-state index is -4.00. The fraction of sp³-hybridized carbons (Fsp3) is 0.273. The summed E-state index contributed by atoms with van der Waals surface area (Å²) in [7, 11) is -2.68. The number of benzene rings is 1. The Hall–Kier alpha value is -1.39. The minimum absolute atomic E-state index is 0.0524. The summed E-state index contributed by atoms with van der Waals surface area (Å²) in [5, 5.41) is 7.71. The van der Waals surface area contributed by atoms with E-state index in [4.69, 9.17) is 4.74 Å². The third-order valence-electron chi connectivity index (χ3n) is 2.31. The second kappa shape index (κ2) is 6.58. The summed E-state index contributed by atoms with van der Waals surface area (Å²) in [5.41, 5.74) is 0. The number of rotatable bonds is 6. The lowest BCUT2D eigenvalue weighted by atomic mass is 10.3. The predicted molar refractivity (Wildman–Crippen MR) is 80.1 cm³/mol.